The maximum Gasteiger partial charge on any atom is 0.0107 e. The molecule has 2 heteroatoms. The van der Waals surface area contributed by atoms with E-state index >= 15 is 0 Å². The van der Waals surface area contributed by atoms with E-state index in [1.54, 1.807) is 0 Å². The first-order valence-corrected chi connectivity index (χ1v) is 21.6. The Balaban J connectivity index is 3.93. The van der Waals surface area contributed by atoms with E-state index in [9.17, 15) is 0 Å². The highest BCUT2D eigenvalue weighted by molar-refractivity contribution is 4.64. The molecule has 0 aliphatic heterocycles. The minimum Gasteiger partial charge on any atom is -0.318 e. The molecular formula is C43H90N2. The van der Waals surface area contributed by atoms with Gasteiger partial charge in [0.2, 0.25) is 0 Å². The quantitative estimate of drug-likeness (QED) is 0.0675. The van der Waals surface area contributed by atoms with E-state index < -0.39 is 0 Å². The second kappa shape index (κ2) is 40.1. The van der Waals surface area contributed by atoms with Crippen molar-refractivity contribution < 1.29 is 0 Å². The van der Waals surface area contributed by atoms with Crippen molar-refractivity contribution in [2.24, 2.45) is 5.92 Å². The molecule has 0 fully saturated rings. The van der Waals surface area contributed by atoms with Gasteiger partial charge in [0.05, 0.1) is 0 Å². The third-order valence-electron chi connectivity index (χ3n) is 10.5. The Labute approximate surface area is 287 Å². The fraction of sp³-hybridized carbons (Fsp3) is 1.00. The molecule has 0 heterocycles. The molecule has 0 aliphatic carbocycles. The van der Waals surface area contributed by atoms with Gasteiger partial charge >= 0.3 is 0 Å². The lowest BCUT2D eigenvalue weighted by atomic mass is 9.89. The molecule has 0 aromatic carbocycles. The highest BCUT2D eigenvalue weighted by atomic mass is 15.1. The molecule has 1 N–H and O–H groups in total. The average Bonchev–Trinajstić information content (AvgIpc) is 3.05. The van der Waals surface area contributed by atoms with Crippen LogP contribution in [0.5, 0.6) is 0 Å². The highest BCUT2D eigenvalue weighted by Crippen LogP contribution is 2.25. The van der Waals surface area contributed by atoms with Crippen molar-refractivity contribution in [1.29, 1.82) is 0 Å². The van der Waals surface area contributed by atoms with Gasteiger partial charge < -0.3 is 10.2 Å². The standard InChI is InChI=1S/C43H90N2/c1-5-8-11-14-17-18-19-20-21-22-23-24-29-34-40-45(42-39-44-4)41-35-30-25-28-33-38-43(36-31-26-15-12-9-6-2)37-32-27-16-13-10-7-3/h43-44H,5-42H2,1-4H3. The van der Waals surface area contributed by atoms with Gasteiger partial charge in [0.15, 0.2) is 0 Å². The van der Waals surface area contributed by atoms with E-state index in [-0.39, 0.29) is 0 Å². The number of hydrogen-bond acceptors (Lipinski definition) is 2. The number of rotatable bonds is 40. The summed E-state index contributed by atoms with van der Waals surface area (Å²) in [6.45, 7) is 12.0. The van der Waals surface area contributed by atoms with E-state index in [0.717, 1.165) is 12.5 Å². The first-order chi connectivity index (χ1) is 22.3. The van der Waals surface area contributed by atoms with Crippen molar-refractivity contribution in [3.8, 4) is 0 Å². The van der Waals surface area contributed by atoms with Crippen LogP contribution in [0.1, 0.15) is 239 Å². The van der Waals surface area contributed by atoms with Crippen molar-refractivity contribution in [1.82, 2.24) is 10.2 Å². The molecule has 0 aromatic rings. The van der Waals surface area contributed by atoms with Crippen molar-refractivity contribution in [2.45, 2.75) is 239 Å². The zero-order valence-corrected chi connectivity index (χ0v) is 32.4. The maximum atomic E-state index is 3.39. The van der Waals surface area contributed by atoms with Crippen LogP contribution in [0.2, 0.25) is 0 Å². The van der Waals surface area contributed by atoms with Crippen molar-refractivity contribution in [3.05, 3.63) is 0 Å². The summed E-state index contributed by atoms with van der Waals surface area (Å²) < 4.78 is 0. The third-order valence-corrected chi connectivity index (χ3v) is 10.5. The number of nitrogens with one attached hydrogen (secondary N) is 1. The lowest BCUT2D eigenvalue weighted by molar-refractivity contribution is 0.261. The second-order valence-electron chi connectivity index (χ2n) is 15.1. The zero-order valence-electron chi connectivity index (χ0n) is 32.4. The molecule has 0 saturated carbocycles. The predicted molar refractivity (Wildman–Crippen MR) is 208 cm³/mol. The lowest BCUT2D eigenvalue weighted by Gasteiger charge is -2.22. The molecular weight excluding hydrogens is 544 g/mol. The largest absolute Gasteiger partial charge is 0.318 e. The van der Waals surface area contributed by atoms with Crippen molar-refractivity contribution >= 4 is 0 Å². The van der Waals surface area contributed by atoms with Gasteiger partial charge in [-0.15, -0.1) is 0 Å². The van der Waals surface area contributed by atoms with Crippen molar-refractivity contribution in [2.75, 3.05) is 33.2 Å². The third kappa shape index (κ3) is 36.6. The van der Waals surface area contributed by atoms with Crippen LogP contribution in [-0.4, -0.2) is 38.1 Å². The molecule has 0 bridgehead atoms. The minimum atomic E-state index is 1.02. The highest BCUT2D eigenvalue weighted by Gasteiger charge is 2.09. The summed E-state index contributed by atoms with van der Waals surface area (Å²) in [6, 6.07) is 0. The smallest absolute Gasteiger partial charge is 0.0107 e. The van der Waals surface area contributed by atoms with Crippen LogP contribution < -0.4 is 5.32 Å². The van der Waals surface area contributed by atoms with Crippen molar-refractivity contribution in [3.63, 3.8) is 0 Å². The maximum absolute atomic E-state index is 3.39. The van der Waals surface area contributed by atoms with Gasteiger partial charge in [0.1, 0.15) is 0 Å². The van der Waals surface area contributed by atoms with Gasteiger partial charge in [-0.2, -0.15) is 0 Å². The minimum absolute atomic E-state index is 1.02. The molecule has 2 nitrogen and oxygen atoms in total. The summed E-state index contributed by atoms with van der Waals surface area (Å²) in [5.74, 6) is 1.02. The average molecular weight is 635 g/mol. The molecule has 0 unspecified atom stereocenters. The molecule has 0 aliphatic rings. The molecule has 0 radical (unpaired) electrons. The molecule has 0 spiro atoms. The fourth-order valence-electron chi connectivity index (χ4n) is 7.29. The van der Waals surface area contributed by atoms with Crippen LogP contribution >= 0.6 is 0 Å². The van der Waals surface area contributed by atoms with E-state index in [0.29, 0.717) is 0 Å². The molecule has 0 saturated heterocycles. The fourth-order valence-corrected chi connectivity index (χ4v) is 7.29. The molecule has 0 aromatic heterocycles. The van der Waals surface area contributed by atoms with Gasteiger partial charge in [0.25, 0.3) is 0 Å². The number of likely N-dealkylation sites (N-methyl/N-ethyl adjacent to an activating group) is 1. The normalized spacial score (nSPS) is 11.9. The van der Waals surface area contributed by atoms with Gasteiger partial charge in [0, 0.05) is 13.1 Å². The molecule has 45 heavy (non-hydrogen) atoms. The first kappa shape index (κ1) is 44.9. The van der Waals surface area contributed by atoms with Crippen LogP contribution in [-0.2, 0) is 0 Å². The summed E-state index contributed by atoms with van der Waals surface area (Å²) in [5.41, 5.74) is 0. The van der Waals surface area contributed by atoms with E-state index in [1.165, 1.54) is 238 Å². The van der Waals surface area contributed by atoms with E-state index in [4.69, 9.17) is 0 Å². The Bertz CT molecular complexity index is 490. The molecule has 272 valence electrons. The van der Waals surface area contributed by atoms with Crippen LogP contribution in [0, 0.1) is 5.92 Å². The Morgan fingerprint density at radius 1 is 0.333 bits per heavy atom. The topological polar surface area (TPSA) is 15.3 Å². The number of unbranched alkanes of at least 4 members (excludes halogenated alkanes) is 27. The van der Waals surface area contributed by atoms with Crippen LogP contribution in [0.15, 0.2) is 0 Å². The van der Waals surface area contributed by atoms with Crippen LogP contribution in [0.25, 0.3) is 0 Å². The van der Waals surface area contributed by atoms with Crippen LogP contribution in [0.3, 0.4) is 0 Å². The lowest BCUT2D eigenvalue weighted by Crippen LogP contribution is -2.32. The Morgan fingerprint density at radius 2 is 0.600 bits per heavy atom. The molecule has 0 atom stereocenters. The zero-order chi connectivity index (χ0) is 32.7. The summed E-state index contributed by atoms with van der Waals surface area (Å²) in [4.78, 5) is 2.76. The van der Waals surface area contributed by atoms with E-state index in [1.807, 2.05) is 0 Å². The first-order valence-electron chi connectivity index (χ1n) is 21.6. The predicted octanol–water partition coefficient (Wildman–Crippen LogP) is 14.4. The summed E-state index contributed by atoms with van der Waals surface area (Å²) in [5, 5.41) is 3.39. The Kier molecular flexibility index (Phi) is 40.0. The van der Waals surface area contributed by atoms with Crippen LogP contribution in [0.4, 0.5) is 0 Å². The summed E-state index contributed by atoms with van der Waals surface area (Å²) >= 11 is 0. The molecule has 0 rings (SSSR count). The Morgan fingerprint density at radius 3 is 0.889 bits per heavy atom. The Hall–Kier alpha value is -0.0800. The van der Waals surface area contributed by atoms with E-state index in [2.05, 4.69) is 38.0 Å². The SMILES string of the molecule is CCCCCCCCCCCCCCCCN(CCCCCCCC(CCCCCCCC)CCCCCCCC)CCNC. The van der Waals surface area contributed by atoms with Gasteiger partial charge in [-0.1, -0.05) is 226 Å². The summed E-state index contributed by atoms with van der Waals surface area (Å²) in [7, 11) is 2.11. The van der Waals surface area contributed by atoms with Gasteiger partial charge in [-0.3, -0.25) is 0 Å². The number of hydrogen-bond donors (Lipinski definition) is 1. The number of nitrogens with zero attached hydrogens (tertiary/aromatic N) is 1. The molecule has 0 amide bonds. The monoisotopic (exact) mass is 635 g/mol. The summed E-state index contributed by atoms with van der Waals surface area (Å²) in [6.07, 6.45) is 49.6. The van der Waals surface area contributed by atoms with Gasteiger partial charge in [-0.25, -0.2) is 0 Å². The van der Waals surface area contributed by atoms with Gasteiger partial charge in [-0.05, 0) is 38.9 Å². The second-order valence-corrected chi connectivity index (χ2v) is 15.1.